The van der Waals surface area contributed by atoms with E-state index in [1.807, 2.05) is 0 Å². The van der Waals surface area contributed by atoms with Crippen molar-refractivity contribution in [3.05, 3.63) is 34.5 Å². The molecule has 11 heteroatoms. The molecule has 0 bridgehead atoms. The van der Waals surface area contributed by atoms with Crippen molar-refractivity contribution in [1.29, 1.82) is 0 Å². The first-order valence-corrected chi connectivity index (χ1v) is 11.4. The predicted molar refractivity (Wildman–Crippen MR) is 118 cm³/mol. The summed E-state index contributed by atoms with van der Waals surface area (Å²) in [5.41, 5.74) is 7.12. The second-order valence-electron chi connectivity index (χ2n) is 7.63. The van der Waals surface area contributed by atoms with Crippen molar-refractivity contribution in [2.45, 2.75) is 38.5 Å². The summed E-state index contributed by atoms with van der Waals surface area (Å²) in [7, 11) is 1.47. The number of methoxy groups -OCH3 is 1. The fourth-order valence-corrected chi connectivity index (χ4v) is 4.55. The number of aromatic nitrogens is 2. The number of nitrogens with one attached hydrogen (secondary N) is 1. The Hall–Kier alpha value is -2.79. The summed E-state index contributed by atoms with van der Waals surface area (Å²) in [5, 5.41) is 17.4. The SMILES string of the molecule is COc1cc(O)c2c(c1C)C(=O)OC[C@@H](CN)CCC(=O)N[C@H](c1nc(C)no1)CSC2. The van der Waals surface area contributed by atoms with Gasteiger partial charge < -0.3 is 30.2 Å². The molecule has 174 valence electrons. The van der Waals surface area contributed by atoms with E-state index in [1.54, 1.807) is 13.8 Å². The molecule has 0 unspecified atom stereocenters. The first kappa shape index (κ1) is 23.9. The van der Waals surface area contributed by atoms with Crippen LogP contribution in [0, 0.1) is 19.8 Å². The molecule has 2 aromatic rings. The Balaban J connectivity index is 1.96. The molecule has 1 aromatic heterocycles. The van der Waals surface area contributed by atoms with Crippen LogP contribution in [0.5, 0.6) is 11.5 Å². The molecule has 1 aromatic carbocycles. The van der Waals surface area contributed by atoms with Gasteiger partial charge in [-0.3, -0.25) is 4.79 Å². The van der Waals surface area contributed by atoms with Crippen LogP contribution in [-0.4, -0.2) is 53.1 Å². The summed E-state index contributed by atoms with van der Waals surface area (Å²) in [4.78, 5) is 29.8. The monoisotopic (exact) mass is 464 g/mol. The van der Waals surface area contributed by atoms with Crippen LogP contribution in [0.2, 0.25) is 0 Å². The van der Waals surface area contributed by atoms with Gasteiger partial charge in [0.15, 0.2) is 5.82 Å². The second-order valence-corrected chi connectivity index (χ2v) is 8.66. The van der Waals surface area contributed by atoms with Gasteiger partial charge in [0, 0.05) is 41.0 Å². The van der Waals surface area contributed by atoms with Gasteiger partial charge in [-0.2, -0.15) is 16.7 Å². The van der Waals surface area contributed by atoms with E-state index in [-0.39, 0.29) is 42.7 Å². The van der Waals surface area contributed by atoms with Gasteiger partial charge in [0.05, 0.1) is 19.3 Å². The number of thioether (sulfide) groups is 1. The van der Waals surface area contributed by atoms with Gasteiger partial charge in [0.1, 0.15) is 17.5 Å². The van der Waals surface area contributed by atoms with E-state index in [4.69, 9.17) is 19.7 Å². The average molecular weight is 465 g/mol. The number of phenols is 1. The largest absolute Gasteiger partial charge is 0.507 e. The normalized spacial score (nSPS) is 20.6. The van der Waals surface area contributed by atoms with Gasteiger partial charge in [0.2, 0.25) is 11.8 Å². The van der Waals surface area contributed by atoms with Gasteiger partial charge in [0.25, 0.3) is 0 Å². The molecule has 0 spiro atoms. The lowest BCUT2D eigenvalue weighted by Gasteiger charge is -2.21. The molecule has 1 amide bonds. The van der Waals surface area contributed by atoms with Gasteiger partial charge in [-0.1, -0.05) is 5.16 Å². The summed E-state index contributed by atoms with van der Waals surface area (Å²) in [6, 6.07) is 0.971. The van der Waals surface area contributed by atoms with Crippen molar-refractivity contribution < 1.29 is 28.7 Å². The number of benzene rings is 1. The van der Waals surface area contributed by atoms with E-state index in [0.29, 0.717) is 46.5 Å². The van der Waals surface area contributed by atoms with Crippen molar-refractivity contribution in [1.82, 2.24) is 15.5 Å². The molecule has 4 N–H and O–H groups in total. The van der Waals surface area contributed by atoms with Crippen molar-refractivity contribution in [3.8, 4) is 11.5 Å². The molecule has 10 nitrogen and oxygen atoms in total. The second kappa shape index (κ2) is 10.7. The Labute approximate surface area is 190 Å². The van der Waals surface area contributed by atoms with Gasteiger partial charge in [-0.05, 0) is 26.8 Å². The highest BCUT2D eigenvalue weighted by atomic mass is 32.2. The first-order valence-electron chi connectivity index (χ1n) is 10.3. The van der Waals surface area contributed by atoms with E-state index in [9.17, 15) is 14.7 Å². The third-order valence-electron chi connectivity index (χ3n) is 5.32. The molecule has 1 aliphatic heterocycles. The quantitative estimate of drug-likeness (QED) is 0.576. The lowest BCUT2D eigenvalue weighted by molar-refractivity contribution is -0.122. The Morgan fingerprint density at radius 1 is 1.38 bits per heavy atom. The molecule has 0 saturated heterocycles. The van der Waals surface area contributed by atoms with E-state index >= 15 is 0 Å². The third-order valence-corrected chi connectivity index (χ3v) is 6.38. The van der Waals surface area contributed by atoms with E-state index in [1.165, 1.54) is 24.9 Å². The Morgan fingerprint density at radius 3 is 2.81 bits per heavy atom. The number of carbonyl (C=O) groups is 2. The number of phenolic OH excluding ortho intramolecular Hbond substituents is 1. The smallest absolute Gasteiger partial charge is 0.338 e. The molecule has 0 fully saturated rings. The van der Waals surface area contributed by atoms with Gasteiger partial charge >= 0.3 is 5.97 Å². The first-order chi connectivity index (χ1) is 15.3. The highest BCUT2D eigenvalue weighted by Crippen LogP contribution is 2.36. The maximum absolute atomic E-state index is 13.0. The zero-order valence-electron chi connectivity index (χ0n) is 18.3. The zero-order chi connectivity index (χ0) is 23.3. The van der Waals surface area contributed by atoms with Crippen LogP contribution >= 0.6 is 11.8 Å². The van der Waals surface area contributed by atoms with Crippen molar-refractivity contribution in [3.63, 3.8) is 0 Å². The Bertz CT molecular complexity index is 979. The van der Waals surface area contributed by atoms with Crippen LogP contribution in [-0.2, 0) is 15.3 Å². The minimum Gasteiger partial charge on any atom is -0.507 e. The number of hydrogen-bond donors (Lipinski definition) is 3. The number of rotatable bonds is 3. The van der Waals surface area contributed by atoms with E-state index in [2.05, 4.69) is 15.5 Å². The molecular weight excluding hydrogens is 436 g/mol. The number of nitrogens with two attached hydrogens (primary N) is 1. The highest BCUT2D eigenvalue weighted by Gasteiger charge is 2.26. The number of aromatic hydroxyl groups is 1. The van der Waals surface area contributed by atoms with Crippen LogP contribution in [0.1, 0.15) is 52.1 Å². The molecule has 1 aliphatic rings. The number of esters is 1. The molecular formula is C21H28N4O6S. The topological polar surface area (TPSA) is 150 Å². The summed E-state index contributed by atoms with van der Waals surface area (Å²) in [6.45, 7) is 3.78. The molecule has 0 aliphatic carbocycles. The maximum Gasteiger partial charge on any atom is 0.338 e. The molecule has 0 saturated carbocycles. The minimum absolute atomic E-state index is 0.0661. The third kappa shape index (κ3) is 5.52. The van der Waals surface area contributed by atoms with Gasteiger partial charge in [-0.25, -0.2) is 4.79 Å². The zero-order valence-corrected chi connectivity index (χ0v) is 19.2. The lowest BCUT2D eigenvalue weighted by atomic mass is 10.0. The highest BCUT2D eigenvalue weighted by molar-refractivity contribution is 7.98. The van der Waals surface area contributed by atoms with Crippen LogP contribution in [0.25, 0.3) is 0 Å². The maximum atomic E-state index is 13.0. The lowest BCUT2D eigenvalue weighted by Crippen LogP contribution is -2.32. The number of amides is 1. The molecule has 2 heterocycles. The van der Waals surface area contributed by atoms with Crippen LogP contribution in [0.3, 0.4) is 0 Å². The number of nitrogens with zero attached hydrogens (tertiary/aromatic N) is 2. The van der Waals surface area contributed by atoms with E-state index < -0.39 is 12.0 Å². The van der Waals surface area contributed by atoms with Crippen molar-refractivity contribution in [2.24, 2.45) is 11.7 Å². The summed E-state index contributed by atoms with van der Waals surface area (Å²) >= 11 is 1.41. The van der Waals surface area contributed by atoms with Gasteiger partial charge in [-0.15, -0.1) is 0 Å². The number of hydrogen-bond acceptors (Lipinski definition) is 10. The standard InChI is InChI=1S/C21H28N4O6S/c1-11-17(29-3)6-16(26)14-9-32-10-15(20-23-12(2)25-31-20)24-18(27)5-4-13(7-22)8-30-21(28)19(11)14/h6,13,15,26H,4-5,7-10,22H2,1-3H3,(H,24,27)/t13-,15+/m1/s1. The summed E-state index contributed by atoms with van der Waals surface area (Å²) in [5.74, 6) is 0.862. The predicted octanol–water partition coefficient (Wildman–Crippen LogP) is 2.02. The molecule has 3 rings (SSSR count). The Kier molecular flexibility index (Phi) is 7.97. The van der Waals surface area contributed by atoms with Crippen LogP contribution < -0.4 is 15.8 Å². The minimum atomic E-state index is -0.559. The number of fused-ring (bicyclic) bond motifs is 1. The van der Waals surface area contributed by atoms with Crippen LogP contribution in [0.4, 0.5) is 0 Å². The fourth-order valence-electron chi connectivity index (χ4n) is 3.48. The molecule has 32 heavy (non-hydrogen) atoms. The van der Waals surface area contributed by atoms with Crippen LogP contribution in [0.15, 0.2) is 10.6 Å². The number of carbonyl (C=O) groups excluding carboxylic acids is 2. The molecule has 2 atom stereocenters. The number of aryl methyl sites for hydroxylation is 1. The average Bonchev–Trinajstić information content (AvgIpc) is 3.20. The number of cyclic esters (lactones) is 1. The summed E-state index contributed by atoms with van der Waals surface area (Å²) < 4.78 is 16.1. The van der Waals surface area contributed by atoms with Crippen molar-refractivity contribution >= 4 is 23.6 Å². The van der Waals surface area contributed by atoms with E-state index in [0.717, 1.165) is 0 Å². The number of ether oxygens (including phenoxy) is 2. The van der Waals surface area contributed by atoms with Crippen molar-refractivity contribution in [2.75, 3.05) is 26.0 Å². The summed E-state index contributed by atoms with van der Waals surface area (Å²) in [6.07, 6.45) is 0.672. The molecule has 0 radical (unpaired) electrons. The fraction of sp³-hybridized carbons (Fsp3) is 0.524. The Morgan fingerprint density at radius 2 is 2.16 bits per heavy atom.